The molecule has 2 aromatic heterocycles. The number of carbonyl (C=O) groups is 1. The zero-order valence-corrected chi connectivity index (χ0v) is 9.01. The molecule has 0 radical (unpaired) electrons. The summed E-state index contributed by atoms with van der Waals surface area (Å²) >= 11 is 0. The number of aromatic nitrogens is 3. The van der Waals surface area contributed by atoms with Gasteiger partial charge in [0.05, 0.1) is 11.9 Å². The van der Waals surface area contributed by atoms with Crippen LogP contribution in [-0.2, 0) is 7.05 Å². The Bertz CT molecular complexity index is 546. The number of rotatable bonds is 2. The number of hydrogen-bond acceptors (Lipinski definition) is 3. The molecule has 0 saturated heterocycles. The van der Waals surface area contributed by atoms with Crippen LogP contribution in [-0.4, -0.2) is 25.8 Å². The summed E-state index contributed by atoms with van der Waals surface area (Å²) in [4.78, 5) is 15.1. The van der Waals surface area contributed by atoms with Crippen molar-refractivity contribution in [1.82, 2.24) is 14.8 Å². The van der Waals surface area contributed by atoms with Crippen LogP contribution in [0.3, 0.4) is 0 Å². The van der Waals surface area contributed by atoms with Crippen molar-refractivity contribution in [2.45, 2.75) is 6.92 Å². The predicted molar refractivity (Wildman–Crippen MR) is 58.1 cm³/mol. The van der Waals surface area contributed by atoms with Gasteiger partial charge in [-0.15, -0.1) is 0 Å². The second kappa shape index (κ2) is 3.77. The second-order valence-corrected chi connectivity index (χ2v) is 3.53. The molecule has 0 aromatic carbocycles. The fourth-order valence-electron chi connectivity index (χ4n) is 1.63. The Kier molecular flexibility index (Phi) is 2.44. The third kappa shape index (κ3) is 1.56. The molecule has 2 heterocycles. The van der Waals surface area contributed by atoms with Crippen LogP contribution >= 0.6 is 0 Å². The molecule has 5 heteroatoms. The maximum atomic E-state index is 11.0. The van der Waals surface area contributed by atoms with E-state index in [9.17, 15) is 4.79 Å². The monoisotopic (exact) mass is 217 g/mol. The minimum absolute atomic E-state index is 0.193. The third-order valence-corrected chi connectivity index (χ3v) is 2.46. The molecule has 0 aliphatic rings. The molecule has 1 N–H and O–H groups in total. The van der Waals surface area contributed by atoms with Crippen molar-refractivity contribution in [2.24, 2.45) is 7.05 Å². The summed E-state index contributed by atoms with van der Waals surface area (Å²) in [6.45, 7) is 1.91. The van der Waals surface area contributed by atoms with Crippen molar-refractivity contribution < 1.29 is 9.90 Å². The normalized spacial score (nSPS) is 10.4. The number of aromatic carboxylic acids is 1. The number of carboxylic acids is 1. The molecular weight excluding hydrogens is 206 g/mol. The van der Waals surface area contributed by atoms with Crippen molar-refractivity contribution in [3.63, 3.8) is 0 Å². The van der Waals surface area contributed by atoms with Crippen molar-refractivity contribution >= 4 is 5.97 Å². The highest BCUT2D eigenvalue weighted by atomic mass is 16.4. The molecule has 5 nitrogen and oxygen atoms in total. The quantitative estimate of drug-likeness (QED) is 0.827. The summed E-state index contributed by atoms with van der Waals surface area (Å²) in [6.07, 6.45) is 4.68. The predicted octanol–water partition coefficient (Wildman–Crippen LogP) is 1.49. The van der Waals surface area contributed by atoms with Crippen LogP contribution in [0.2, 0.25) is 0 Å². The molecule has 2 aromatic rings. The molecule has 0 saturated carbocycles. The van der Waals surface area contributed by atoms with Gasteiger partial charge in [0.2, 0.25) is 0 Å². The van der Waals surface area contributed by atoms with E-state index >= 15 is 0 Å². The summed E-state index contributed by atoms with van der Waals surface area (Å²) in [6, 6.07) is 1.84. The van der Waals surface area contributed by atoms with Gasteiger partial charge in [-0.05, 0) is 18.6 Å². The highest BCUT2D eigenvalue weighted by Gasteiger charge is 2.17. The van der Waals surface area contributed by atoms with Gasteiger partial charge in [0.1, 0.15) is 5.56 Å². The van der Waals surface area contributed by atoms with E-state index in [0.717, 1.165) is 11.1 Å². The zero-order valence-electron chi connectivity index (χ0n) is 9.01. The van der Waals surface area contributed by atoms with E-state index in [1.807, 2.05) is 13.0 Å². The van der Waals surface area contributed by atoms with Gasteiger partial charge in [0, 0.05) is 25.0 Å². The lowest BCUT2D eigenvalue weighted by atomic mass is 10.1. The maximum absolute atomic E-state index is 11.0. The van der Waals surface area contributed by atoms with E-state index in [0.29, 0.717) is 5.69 Å². The van der Waals surface area contributed by atoms with Crippen molar-refractivity contribution in [1.29, 1.82) is 0 Å². The average molecular weight is 217 g/mol. The van der Waals surface area contributed by atoms with Crippen molar-refractivity contribution in [3.8, 4) is 11.3 Å². The van der Waals surface area contributed by atoms with E-state index in [4.69, 9.17) is 5.11 Å². The summed E-state index contributed by atoms with van der Waals surface area (Å²) in [5.74, 6) is -0.980. The minimum atomic E-state index is -0.980. The number of aryl methyl sites for hydroxylation is 2. The lowest BCUT2D eigenvalue weighted by molar-refractivity contribution is 0.0697. The number of carboxylic acid groups (broad SMARTS) is 1. The van der Waals surface area contributed by atoms with Crippen LogP contribution in [0.4, 0.5) is 0 Å². The molecule has 2 rings (SSSR count). The first-order valence-electron chi connectivity index (χ1n) is 4.77. The van der Waals surface area contributed by atoms with E-state index in [-0.39, 0.29) is 5.56 Å². The summed E-state index contributed by atoms with van der Waals surface area (Å²) in [5, 5.41) is 13.0. The lowest BCUT2D eigenvalue weighted by Crippen LogP contribution is -2.02. The molecule has 0 amide bonds. The van der Waals surface area contributed by atoms with Gasteiger partial charge in [-0.2, -0.15) is 5.10 Å². The first kappa shape index (κ1) is 10.4. The van der Waals surface area contributed by atoms with Crippen LogP contribution in [0.25, 0.3) is 11.3 Å². The molecule has 0 fully saturated rings. The SMILES string of the molecule is Cc1ccncc1-c1c(C(=O)O)cnn1C. The van der Waals surface area contributed by atoms with Crippen LogP contribution in [0.15, 0.2) is 24.7 Å². The molecule has 0 unspecified atom stereocenters. The fourth-order valence-corrected chi connectivity index (χ4v) is 1.63. The van der Waals surface area contributed by atoms with E-state index in [2.05, 4.69) is 10.1 Å². The Morgan fingerprint density at radius 1 is 1.44 bits per heavy atom. The standard InChI is InChI=1S/C11H11N3O2/c1-7-3-4-12-5-8(7)10-9(11(15)16)6-13-14(10)2/h3-6H,1-2H3,(H,15,16). The van der Waals surface area contributed by atoms with E-state index < -0.39 is 5.97 Å². The van der Waals surface area contributed by atoms with Crippen LogP contribution in [0.1, 0.15) is 15.9 Å². The summed E-state index contributed by atoms with van der Waals surface area (Å²) < 4.78 is 1.55. The first-order valence-corrected chi connectivity index (χ1v) is 4.77. The molecule has 16 heavy (non-hydrogen) atoms. The average Bonchev–Trinajstić information content (AvgIpc) is 2.61. The summed E-state index contributed by atoms with van der Waals surface area (Å²) in [5.41, 5.74) is 2.54. The Labute approximate surface area is 92.4 Å². The third-order valence-electron chi connectivity index (χ3n) is 2.46. The van der Waals surface area contributed by atoms with Crippen molar-refractivity contribution in [3.05, 3.63) is 35.8 Å². The Balaban J connectivity index is 2.68. The summed E-state index contributed by atoms with van der Waals surface area (Å²) in [7, 11) is 1.72. The minimum Gasteiger partial charge on any atom is -0.478 e. The van der Waals surface area contributed by atoms with Gasteiger partial charge in [-0.1, -0.05) is 0 Å². The Morgan fingerprint density at radius 3 is 2.81 bits per heavy atom. The maximum Gasteiger partial charge on any atom is 0.339 e. The molecule has 0 atom stereocenters. The molecule has 0 aliphatic heterocycles. The smallest absolute Gasteiger partial charge is 0.339 e. The topological polar surface area (TPSA) is 68.0 Å². The highest BCUT2D eigenvalue weighted by Crippen LogP contribution is 2.25. The lowest BCUT2D eigenvalue weighted by Gasteiger charge is -2.06. The first-order chi connectivity index (χ1) is 7.61. The Morgan fingerprint density at radius 2 is 2.19 bits per heavy atom. The molecule has 82 valence electrons. The number of pyridine rings is 1. The molecule has 0 bridgehead atoms. The second-order valence-electron chi connectivity index (χ2n) is 3.53. The molecule has 0 spiro atoms. The zero-order chi connectivity index (χ0) is 11.7. The molecular formula is C11H11N3O2. The van der Waals surface area contributed by atoms with Gasteiger partial charge in [-0.3, -0.25) is 9.67 Å². The van der Waals surface area contributed by atoms with Gasteiger partial charge in [0.15, 0.2) is 0 Å². The van der Waals surface area contributed by atoms with Crippen molar-refractivity contribution in [2.75, 3.05) is 0 Å². The number of nitrogens with zero attached hydrogens (tertiary/aromatic N) is 3. The van der Waals surface area contributed by atoms with Gasteiger partial charge >= 0.3 is 5.97 Å². The van der Waals surface area contributed by atoms with E-state index in [1.54, 1.807) is 24.1 Å². The fraction of sp³-hybridized carbons (Fsp3) is 0.182. The van der Waals surface area contributed by atoms with Crippen LogP contribution in [0, 0.1) is 6.92 Å². The largest absolute Gasteiger partial charge is 0.478 e. The van der Waals surface area contributed by atoms with Gasteiger partial charge in [-0.25, -0.2) is 4.79 Å². The highest BCUT2D eigenvalue weighted by molar-refractivity contribution is 5.95. The van der Waals surface area contributed by atoms with Crippen LogP contribution < -0.4 is 0 Å². The van der Waals surface area contributed by atoms with E-state index in [1.165, 1.54) is 6.20 Å². The molecule has 0 aliphatic carbocycles. The Hall–Kier alpha value is -2.17. The van der Waals surface area contributed by atoms with Gasteiger partial charge in [0.25, 0.3) is 0 Å². The van der Waals surface area contributed by atoms with Crippen LogP contribution in [0.5, 0.6) is 0 Å². The number of hydrogen-bond donors (Lipinski definition) is 1. The van der Waals surface area contributed by atoms with Gasteiger partial charge < -0.3 is 5.11 Å².